The first-order chi connectivity index (χ1) is 9.90. The van der Waals surface area contributed by atoms with Crippen molar-refractivity contribution in [1.29, 1.82) is 0 Å². The molecule has 0 atom stereocenters. The predicted octanol–water partition coefficient (Wildman–Crippen LogP) is 2.83. The number of aromatic nitrogens is 1. The molecule has 0 aliphatic carbocycles. The number of alkyl carbamates (subject to hydrolysis) is 1. The maximum Gasteiger partial charge on any atom is 0.407 e. The minimum absolute atomic E-state index is 0.210. The first-order valence-corrected chi connectivity index (χ1v) is 6.57. The van der Waals surface area contributed by atoms with Gasteiger partial charge in [-0.05, 0) is 38.4 Å². The van der Waals surface area contributed by atoms with E-state index in [4.69, 9.17) is 10.3 Å². The van der Waals surface area contributed by atoms with Gasteiger partial charge in [-0.25, -0.2) is 4.79 Å². The number of carbonyl (C=O) groups is 1. The van der Waals surface area contributed by atoms with Crippen LogP contribution in [0.4, 0.5) is 10.5 Å². The van der Waals surface area contributed by atoms with Crippen LogP contribution in [-0.4, -0.2) is 29.8 Å². The number of anilines is 1. The molecule has 1 rings (SSSR count). The lowest BCUT2D eigenvalue weighted by molar-refractivity contribution is 0.0530. The molecule has 21 heavy (non-hydrogen) atoms. The predicted molar refractivity (Wildman–Crippen MR) is 79.8 cm³/mol. The summed E-state index contributed by atoms with van der Waals surface area (Å²) >= 11 is 0. The van der Waals surface area contributed by atoms with Gasteiger partial charge in [0.25, 0.3) is 0 Å². The van der Waals surface area contributed by atoms with Crippen LogP contribution in [0, 0.1) is 0 Å². The fraction of sp³-hybridized carbons (Fsp3) is 0.538. The number of hydrogen-bond acceptors (Lipinski definition) is 5. The van der Waals surface area contributed by atoms with Crippen molar-refractivity contribution in [3.63, 3.8) is 0 Å². The minimum atomic E-state index is -0.501. The maximum absolute atomic E-state index is 11.4. The molecule has 0 fully saturated rings. The second-order valence-electron chi connectivity index (χ2n) is 5.28. The Labute approximate surface area is 123 Å². The zero-order valence-corrected chi connectivity index (χ0v) is 12.5. The van der Waals surface area contributed by atoms with Gasteiger partial charge < -0.3 is 15.4 Å². The number of ether oxygens (including phenoxy) is 1. The van der Waals surface area contributed by atoms with Crippen LogP contribution in [0.2, 0.25) is 0 Å². The van der Waals surface area contributed by atoms with Crippen LogP contribution < -0.4 is 10.6 Å². The number of carbonyl (C=O) groups excluding carboxylic acids is 1. The lowest BCUT2D eigenvalue weighted by Crippen LogP contribution is -2.35. The number of rotatable bonds is 6. The van der Waals surface area contributed by atoms with Crippen molar-refractivity contribution in [3.8, 4) is 0 Å². The molecule has 0 bridgehead atoms. The lowest BCUT2D eigenvalue weighted by atomic mass is 10.2. The topological polar surface area (TPSA) is 112 Å². The van der Waals surface area contributed by atoms with Crippen LogP contribution in [0.1, 0.15) is 26.5 Å². The minimum Gasteiger partial charge on any atom is -0.444 e. The van der Waals surface area contributed by atoms with Crippen LogP contribution in [0.25, 0.3) is 10.4 Å². The monoisotopic (exact) mass is 292 g/mol. The smallest absolute Gasteiger partial charge is 0.407 e. The summed E-state index contributed by atoms with van der Waals surface area (Å²) in [5.41, 5.74) is 9.29. The van der Waals surface area contributed by atoms with E-state index in [1.54, 1.807) is 18.3 Å². The molecule has 0 aromatic carbocycles. The van der Waals surface area contributed by atoms with E-state index in [1.807, 2.05) is 20.8 Å². The van der Waals surface area contributed by atoms with E-state index < -0.39 is 11.7 Å². The van der Waals surface area contributed by atoms with Crippen molar-refractivity contribution in [2.75, 3.05) is 18.4 Å². The summed E-state index contributed by atoms with van der Waals surface area (Å²) in [5.74, 6) is 0. The van der Waals surface area contributed by atoms with Gasteiger partial charge in [0.2, 0.25) is 0 Å². The molecule has 114 valence electrons. The van der Waals surface area contributed by atoms with E-state index in [9.17, 15) is 4.79 Å². The molecule has 8 heteroatoms. The Hall–Kier alpha value is -2.47. The number of azide groups is 1. The Morgan fingerprint density at radius 3 is 2.90 bits per heavy atom. The largest absolute Gasteiger partial charge is 0.444 e. The lowest BCUT2D eigenvalue weighted by Gasteiger charge is -2.19. The highest BCUT2D eigenvalue weighted by atomic mass is 16.6. The molecule has 0 aliphatic heterocycles. The maximum atomic E-state index is 11.4. The van der Waals surface area contributed by atoms with Crippen molar-refractivity contribution in [3.05, 3.63) is 34.5 Å². The second kappa shape index (κ2) is 7.96. The Balaban J connectivity index is 2.32. The van der Waals surface area contributed by atoms with E-state index >= 15 is 0 Å². The van der Waals surface area contributed by atoms with Crippen LogP contribution in [0.3, 0.4) is 0 Å². The molecule has 0 saturated carbocycles. The molecule has 0 spiro atoms. The van der Waals surface area contributed by atoms with Gasteiger partial charge in [-0.15, -0.1) is 0 Å². The number of nitrogens with one attached hydrogen (secondary N) is 2. The molecule has 1 aromatic heterocycles. The van der Waals surface area contributed by atoms with Crippen molar-refractivity contribution in [1.82, 2.24) is 10.3 Å². The van der Waals surface area contributed by atoms with Gasteiger partial charge in [-0.3, -0.25) is 4.98 Å². The highest BCUT2D eigenvalue weighted by Gasteiger charge is 2.15. The van der Waals surface area contributed by atoms with E-state index in [0.717, 1.165) is 5.69 Å². The fourth-order valence-corrected chi connectivity index (χ4v) is 1.46. The summed E-state index contributed by atoms with van der Waals surface area (Å²) in [4.78, 5) is 18.2. The van der Waals surface area contributed by atoms with Gasteiger partial charge >= 0.3 is 6.09 Å². The zero-order valence-electron chi connectivity index (χ0n) is 12.5. The summed E-state index contributed by atoms with van der Waals surface area (Å²) in [6.45, 7) is 6.63. The van der Waals surface area contributed by atoms with Gasteiger partial charge in [-0.1, -0.05) is 5.11 Å². The molecule has 1 aromatic rings. The number of nitrogens with zero attached hydrogens (tertiary/aromatic N) is 4. The standard InChI is InChI=1S/C13H20N6O2/c1-13(2,3)21-12(20)17-7-6-16-10-4-5-15-11(8-10)9-18-19-14/h4-5,8H,6-7,9H2,1-3H3,(H,15,16)(H,17,20). The Morgan fingerprint density at radius 2 is 2.24 bits per heavy atom. The summed E-state index contributed by atoms with van der Waals surface area (Å²) in [6.07, 6.45) is 1.19. The molecule has 0 aliphatic rings. The zero-order chi connectivity index (χ0) is 15.7. The molecule has 0 radical (unpaired) electrons. The summed E-state index contributed by atoms with van der Waals surface area (Å²) < 4.78 is 5.12. The molecule has 8 nitrogen and oxygen atoms in total. The van der Waals surface area contributed by atoms with Crippen molar-refractivity contribution in [2.24, 2.45) is 5.11 Å². The first kappa shape index (κ1) is 16.6. The van der Waals surface area contributed by atoms with Gasteiger partial charge in [0.15, 0.2) is 0 Å². The van der Waals surface area contributed by atoms with Crippen molar-refractivity contribution in [2.45, 2.75) is 32.9 Å². The molecular formula is C13H20N6O2. The quantitative estimate of drug-likeness (QED) is 0.363. The Bertz CT molecular complexity index is 520. The molecule has 1 heterocycles. The average molecular weight is 292 g/mol. The molecule has 0 saturated heterocycles. The van der Waals surface area contributed by atoms with Crippen molar-refractivity contribution >= 4 is 11.8 Å². The van der Waals surface area contributed by atoms with Crippen LogP contribution in [0.5, 0.6) is 0 Å². The Morgan fingerprint density at radius 1 is 1.48 bits per heavy atom. The summed E-state index contributed by atoms with van der Waals surface area (Å²) in [7, 11) is 0. The Kier molecular flexibility index (Phi) is 6.29. The van der Waals surface area contributed by atoms with E-state index in [2.05, 4.69) is 25.6 Å². The normalized spacial score (nSPS) is 10.4. The second-order valence-corrected chi connectivity index (χ2v) is 5.28. The SMILES string of the molecule is CC(C)(C)OC(=O)NCCNc1ccnc(CN=[N+]=[N-])c1. The van der Waals surface area contributed by atoms with Gasteiger partial charge in [0.05, 0.1) is 6.54 Å². The number of hydrogen-bond donors (Lipinski definition) is 2. The number of pyridine rings is 1. The van der Waals surface area contributed by atoms with Crippen molar-refractivity contribution < 1.29 is 9.53 Å². The highest BCUT2D eigenvalue weighted by molar-refractivity contribution is 5.67. The third-order valence-corrected chi connectivity index (χ3v) is 2.23. The van der Waals surface area contributed by atoms with Gasteiger partial charge in [0, 0.05) is 35.6 Å². The molecule has 2 N–H and O–H groups in total. The third-order valence-electron chi connectivity index (χ3n) is 2.23. The first-order valence-electron chi connectivity index (χ1n) is 6.57. The molecule has 0 unspecified atom stereocenters. The third kappa shape index (κ3) is 7.64. The van der Waals surface area contributed by atoms with Crippen LogP contribution in [0.15, 0.2) is 23.4 Å². The fourth-order valence-electron chi connectivity index (χ4n) is 1.46. The summed E-state index contributed by atoms with van der Waals surface area (Å²) in [5, 5.41) is 9.24. The van der Waals surface area contributed by atoms with Crippen LogP contribution in [-0.2, 0) is 11.3 Å². The molecule has 1 amide bonds. The summed E-state index contributed by atoms with van der Waals surface area (Å²) in [6, 6.07) is 3.59. The van der Waals surface area contributed by atoms with E-state index in [1.165, 1.54) is 0 Å². The molecular weight excluding hydrogens is 272 g/mol. The highest BCUT2D eigenvalue weighted by Crippen LogP contribution is 2.08. The number of amides is 1. The van der Waals surface area contributed by atoms with E-state index in [0.29, 0.717) is 18.8 Å². The average Bonchev–Trinajstić information content (AvgIpc) is 2.40. The van der Waals surface area contributed by atoms with E-state index in [-0.39, 0.29) is 6.54 Å². The van der Waals surface area contributed by atoms with Gasteiger partial charge in [0.1, 0.15) is 5.60 Å². The van der Waals surface area contributed by atoms with Crippen LogP contribution >= 0.6 is 0 Å². The van der Waals surface area contributed by atoms with Gasteiger partial charge in [-0.2, -0.15) is 0 Å².